The fourth-order valence-electron chi connectivity index (χ4n) is 3.80. The first-order valence-electron chi connectivity index (χ1n) is 9.34. The van der Waals surface area contributed by atoms with E-state index in [1.165, 1.54) is 11.3 Å². The standard InChI is InChI=1S/C20H18ClN5OS2/c21-14-5-3-13(4-6-14)17-16(26-9-11-29-20(26)23-17)12-25-8-1-2-15(25)18(27)24-19-22-7-10-28-19/h3-7,9-11,15H,1-2,8,12H2,(H,22,24,27). The van der Waals surface area contributed by atoms with Crippen molar-refractivity contribution >= 4 is 50.3 Å². The van der Waals surface area contributed by atoms with Crippen LogP contribution in [0.25, 0.3) is 16.2 Å². The molecule has 6 nitrogen and oxygen atoms in total. The van der Waals surface area contributed by atoms with Gasteiger partial charge < -0.3 is 5.32 Å². The van der Waals surface area contributed by atoms with Crippen LogP contribution >= 0.6 is 34.3 Å². The Bertz CT molecular complexity index is 1140. The number of hydrogen-bond donors (Lipinski definition) is 1. The van der Waals surface area contributed by atoms with Gasteiger partial charge in [0.1, 0.15) is 0 Å². The second-order valence-corrected chi connectivity index (χ2v) is 9.13. The molecule has 1 unspecified atom stereocenters. The molecule has 1 atom stereocenters. The van der Waals surface area contributed by atoms with E-state index in [0.29, 0.717) is 16.7 Å². The zero-order valence-electron chi connectivity index (χ0n) is 15.4. The summed E-state index contributed by atoms with van der Waals surface area (Å²) in [6.45, 7) is 1.54. The number of anilines is 1. The summed E-state index contributed by atoms with van der Waals surface area (Å²) >= 11 is 9.11. The summed E-state index contributed by atoms with van der Waals surface area (Å²) in [7, 11) is 0. The minimum Gasteiger partial charge on any atom is -0.301 e. The molecular formula is C20H18ClN5OS2. The number of likely N-dealkylation sites (tertiary alicyclic amines) is 1. The molecule has 3 aromatic heterocycles. The lowest BCUT2D eigenvalue weighted by atomic mass is 10.1. The van der Waals surface area contributed by atoms with Crippen LogP contribution in [0.15, 0.2) is 47.4 Å². The van der Waals surface area contributed by atoms with Crippen molar-refractivity contribution in [3.8, 4) is 11.3 Å². The van der Waals surface area contributed by atoms with E-state index in [-0.39, 0.29) is 11.9 Å². The monoisotopic (exact) mass is 443 g/mol. The van der Waals surface area contributed by atoms with Crippen molar-refractivity contribution in [2.24, 2.45) is 0 Å². The Kier molecular flexibility index (Phi) is 5.09. The third-order valence-corrected chi connectivity index (χ3v) is 6.86. The van der Waals surface area contributed by atoms with Gasteiger partial charge in [0.2, 0.25) is 5.91 Å². The van der Waals surface area contributed by atoms with E-state index >= 15 is 0 Å². The molecule has 1 aliphatic heterocycles. The number of carbonyl (C=O) groups is 1. The largest absolute Gasteiger partial charge is 0.301 e. The van der Waals surface area contributed by atoms with Gasteiger partial charge in [-0.2, -0.15) is 0 Å². The highest BCUT2D eigenvalue weighted by atomic mass is 35.5. The van der Waals surface area contributed by atoms with Crippen LogP contribution in [-0.4, -0.2) is 37.8 Å². The Labute approximate surface area is 180 Å². The molecule has 1 N–H and O–H groups in total. The summed E-state index contributed by atoms with van der Waals surface area (Å²) in [5.74, 6) is 0.0107. The van der Waals surface area contributed by atoms with Crippen LogP contribution in [0.4, 0.5) is 5.13 Å². The number of carbonyl (C=O) groups excluding carboxylic acids is 1. The molecule has 1 saturated heterocycles. The molecule has 5 rings (SSSR count). The lowest BCUT2D eigenvalue weighted by molar-refractivity contribution is -0.120. The molecule has 0 spiro atoms. The number of imidazole rings is 1. The van der Waals surface area contributed by atoms with Gasteiger partial charge in [0.05, 0.1) is 17.4 Å². The Morgan fingerprint density at radius 3 is 2.90 bits per heavy atom. The van der Waals surface area contributed by atoms with Crippen molar-refractivity contribution in [1.29, 1.82) is 0 Å². The summed E-state index contributed by atoms with van der Waals surface area (Å²) in [5, 5.41) is 8.20. The van der Waals surface area contributed by atoms with Gasteiger partial charge in [0.15, 0.2) is 10.1 Å². The second kappa shape index (κ2) is 7.87. The summed E-state index contributed by atoms with van der Waals surface area (Å²) < 4.78 is 2.13. The van der Waals surface area contributed by atoms with Crippen LogP contribution < -0.4 is 5.32 Å². The molecule has 9 heteroatoms. The molecule has 148 valence electrons. The smallest absolute Gasteiger partial charge is 0.243 e. The van der Waals surface area contributed by atoms with Crippen molar-refractivity contribution in [3.05, 3.63) is 58.1 Å². The van der Waals surface area contributed by atoms with E-state index in [0.717, 1.165) is 41.3 Å². The molecule has 4 aromatic rings. The van der Waals surface area contributed by atoms with Crippen molar-refractivity contribution in [3.63, 3.8) is 0 Å². The highest BCUT2D eigenvalue weighted by molar-refractivity contribution is 7.15. The number of benzene rings is 1. The zero-order chi connectivity index (χ0) is 19.8. The van der Waals surface area contributed by atoms with E-state index in [4.69, 9.17) is 16.6 Å². The highest BCUT2D eigenvalue weighted by Crippen LogP contribution is 2.31. The number of nitrogens with zero attached hydrogens (tertiary/aromatic N) is 4. The molecule has 0 aliphatic carbocycles. The quantitative estimate of drug-likeness (QED) is 0.482. The molecule has 1 amide bonds. The van der Waals surface area contributed by atoms with Crippen LogP contribution in [0.2, 0.25) is 5.02 Å². The van der Waals surface area contributed by atoms with Crippen LogP contribution in [0, 0.1) is 0 Å². The van der Waals surface area contributed by atoms with Gasteiger partial charge in [-0.25, -0.2) is 9.97 Å². The normalized spacial score (nSPS) is 17.2. The number of hydrogen-bond acceptors (Lipinski definition) is 6. The highest BCUT2D eigenvalue weighted by Gasteiger charge is 2.32. The first-order chi connectivity index (χ1) is 14.2. The summed E-state index contributed by atoms with van der Waals surface area (Å²) in [6.07, 6.45) is 5.59. The Morgan fingerprint density at radius 1 is 1.24 bits per heavy atom. The lowest BCUT2D eigenvalue weighted by Gasteiger charge is -2.23. The maximum absolute atomic E-state index is 12.8. The third kappa shape index (κ3) is 3.69. The molecule has 0 saturated carbocycles. The van der Waals surface area contributed by atoms with Gasteiger partial charge in [-0.05, 0) is 31.5 Å². The lowest BCUT2D eigenvalue weighted by Crippen LogP contribution is -2.39. The molecule has 4 heterocycles. The van der Waals surface area contributed by atoms with Crippen LogP contribution in [0.5, 0.6) is 0 Å². The van der Waals surface area contributed by atoms with Gasteiger partial charge in [-0.3, -0.25) is 14.1 Å². The summed E-state index contributed by atoms with van der Waals surface area (Å²) in [5.41, 5.74) is 3.07. The molecule has 29 heavy (non-hydrogen) atoms. The van der Waals surface area contributed by atoms with E-state index < -0.39 is 0 Å². The number of aromatic nitrogens is 3. The van der Waals surface area contributed by atoms with Crippen molar-refractivity contribution < 1.29 is 4.79 Å². The predicted octanol–water partition coefficient (Wildman–Crippen LogP) is 4.78. The summed E-state index contributed by atoms with van der Waals surface area (Å²) in [4.78, 5) is 25.0. The van der Waals surface area contributed by atoms with Crippen LogP contribution in [0.3, 0.4) is 0 Å². The first kappa shape index (κ1) is 18.7. The maximum atomic E-state index is 12.8. The van der Waals surface area contributed by atoms with Gasteiger partial charge in [0.25, 0.3) is 0 Å². The van der Waals surface area contributed by atoms with Gasteiger partial charge in [0, 0.05) is 40.3 Å². The van der Waals surface area contributed by atoms with E-state index in [1.807, 2.05) is 41.2 Å². The third-order valence-electron chi connectivity index (χ3n) is 5.16. The van der Waals surface area contributed by atoms with E-state index in [1.54, 1.807) is 17.5 Å². The van der Waals surface area contributed by atoms with Gasteiger partial charge >= 0.3 is 0 Å². The topological polar surface area (TPSA) is 62.5 Å². The van der Waals surface area contributed by atoms with Gasteiger partial charge in [-0.15, -0.1) is 22.7 Å². The molecule has 1 aromatic carbocycles. The average Bonchev–Trinajstić information content (AvgIpc) is 3.48. The van der Waals surface area contributed by atoms with Crippen molar-refractivity contribution in [2.75, 3.05) is 11.9 Å². The van der Waals surface area contributed by atoms with Crippen LogP contribution in [0.1, 0.15) is 18.5 Å². The number of fused-ring (bicyclic) bond motifs is 1. The van der Waals surface area contributed by atoms with E-state index in [9.17, 15) is 4.79 Å². The minimum absolute atomic E-state index is 0.0107. The Balaban J connectivity index is 1.44. The van der Waals surface area contributed by atoms with E-state index in [2.05, 4.69) is 19.6 Å². The average molecular weight is 444 g/mol. The molecule has 1 fully saturated rings. The minimum atomic E-state index is -0.166. The predicted molar refractivity (Wildman–Crippen MR) is 118 cm³/mol. The number of nitrogens with one attached hydrogen (secondary N) is 1. The molecule has 1 aliphatic rings. The van der Waals surface area contributed by atoms with Crippen LogP contribution in [-0.2, 0) is 11.3 Å². The molecule has 0 bridgehead atoms. The van der Waals surface area contributed by atoms with Gasteiger partial charge in [-0.1, -0.05) is 23.7 Å². The Morgan fingerprint density at radius 2 is 2.10 bits per heavy atom. The maximum Gasteiger partial charge on any atom is 0.243 e. The van der Waals surface area contributed by atoms with Crippen molar-refractivity contribution in [2.45, 2.75) is 25.4 Å². The first-order valence-corrected chi connectivity index (χ1v) is 11.5. The number of amides is 1. The SMILES string of the molecule is O=C(Nc1nccs1)C1CCCN1Cc1c(-c2ccc(Cl)cc2)nc2sccn12. The summed E-state index contributed by atoms with van der Waals surface area (Å²) in [6, 6.07) is 7.59. The Hall–Kier alpha value is -2.26. The number of thiazole rings is 2. The van der Waals surface area contributed by atoms with Crippen molar-refractivity contribution in [1.82, 2.24) is 19.3 Å². The fraction of sp³-hybridized carbons (Fsp3) is 0.250. The second-order valence-electron chi connectivity index (χ2n) is 6.92. The number of halogens is 1. The number of rotatable bonds is 5. The zero-order valence-corrected chi connectivity index (χ0v) is 17.8. The fourth-order valence-corrected chi connectivity index (χ4v) is 5.19. The molecule has 0 radical (unpaired) electrons. The molecular weight excluding hydrogens is 426 g/mol.